The molecule has 0 spiro atoms. The smallest absolute Gasteiger partial charge is 0.213 e. The van der Waals surface area contributed by atoms with Crippen LogP contribution in [0.5, 0.6) is 11.6 Å². The number of guanidine groups is 1. The third-order valence-electron chi connectivity index (χ3n) is 4.69. The van der Waals surface area contributed by atoms with Crippen LogP contribution in [0.3, 0.4) is 0 Å². The fourth-order valence-corrected chi connectivity index (χ4v) is 3.15. The number of aromatic nitrogens is 1. The molecule has 1 aliphatic rings. The van der Waals surface area contributed by atoms with Crippen LogP contribution in [0.4, 0.5) is 5.69 Å². The molecular formula is C20H27N5O2. The number of piperazine rings is 1. The quantitative estimate of drug-likeness (QED) is 0.643. The van der Waals surface area contributed by atoms with E-state index in [-0.39, 0.29) is 0 Å². The Kier molecular flexibility index (Phi) is 6.35. The van der Waals surface area contributed by atoms with Crippen LogP contribution >= 0.6 is 0 Å². The highest BCUT2D eigenvalue weighted by Gasteiger charge is 2.19. The van der Waals surface area contributed by atoms with Gasteiger partial charge in [-0.05, 0) is 35.9 Å². The highest BCUT2D eigenvalue weighted by atomic mass is 16.5. The molecule has 0 amide bonds. The van der Waals surface area contributed by atoms with Gasteiger partial charge in [0.1, 0.15) is 5.75 Å². The second kappa shape index (κ2) is 9.12. The standard InChI is InChI=1S/C20H27N5O2/c1-21-20(23-15-16-8-9-22-19(14-16)27-3)25-12-10-24(11-13-25)17-4-6-18(26-2)7-5-17/h4-9,14H,10-13,15H2,1-3H3,(H,21,23). The molecule has 1 N–H and O–H groups in total. The zero-order valence-electron chi connectivity index (χ0n) is 16.2. The first-order chi connectivity index (χ1) is 13.2. The highest BCUT2D eigenvalue weighted by molar-refractivity contribution is 5.80. The van der Waals surface area contributed by atoms with E-state index >= 15 is 0 Å². The van der Waals surface area contributed by atoms with Crippen LogP contribution in [-0.4, -0.2) is 63.3 Å². The molecule has 2 aromatic rings. The monoisotopic (exact) mass is 369 g/mol. The molecule has 144 valence electrons. The van der Waals surface area contributed by atoms with Crippen LogP contribution in [0, 0.1) is 0 Å². The molecule has 7 heteroatoms. The van der Waals surface area contributed by atoms with Crippen LogP contribution < -0.4 is 19.7 Å². The van der Waals surface area contributed by atoms with Gasteiger partial charge in [-0.1, -0.05) is 0 Å². The molecule has 0 saturated carbocycles. The molecule has 1 aliphatic heterocycles. The first kappa shape index (κ1) is 18.8. The molecule has 1 aromatic carbocycles. The van der Waals surface area contributed by atoms with Crippen LogP contribution in [0.2, 0.25) is 0 Å². The Morgan fingerprint density at radius 1 is 1.07 bits per heavy atom. The Labute approximate surface area is 160 Å². The largest absolute Gasteiger partial charge is 0.497 e. The van der Waals surface area contributed by atoms with Crippen molar-refractivity contribution in [2.75, 3.05) is 52.3 Å². The molecule has 0 unspecified atom stereocenters. The number of aliphatic imine (C=N–C) groups is 1. The number of ether oxygens (including phenoxy) is 2. The van der Waals surface area contributed by atoms with Crippen LogP contribution in [-0.2, 0) is 6.54 Å². The van der Waals surface area contributed by atoms with Gasteiger partial charge in [0.25, 0.3) is 0 Å². The van der Waals surface area contributed by atoms with Gasteiger partial charge in [-0.2, -0.15) is 0 Å². The molecular weight excluding hydrogens is 342 g/mol. The molecule has 0 aliphatic carbocycles. The topological polar surface area (TPSA) is 62.2 Å². The number of methoxy groups -OCH3 is 2. The maximum Gasteiger partial charge on any atom is 0.213 e. The van der Waals surface area contributed by atoms with E-state index in [1.807, 2.05) is 31.3 Å². The van der Waals surface area contributed by atoms with Crippen molar-refractivity contribution < 1.29 is 9.47 Å². The van der Waals surface area contributed by atoms with Crippen molar-refractivity contribution in [1.82, 2.24) is 15.2 Å². The van der Waals surface area contributed by atoms with E-state index in [0.717, 1.165) is 43.5 Å². The van der Waals surface area contributed by atoms with E-state index in [1.54, 1.807) is 20.4 Å². The van der Waals surface area contributed by atoms with Crippen molar-refractivity contribution in [3.8, 4) is 11.6 Å². The highest BCUT2D eigenvalue weighted by Crippen LogP contribution is 2.20. The van der Waals surface area contributed by atoms with Gasteiger partial charge in [-0.15, -0.1) is 0 Å². The second-order valence-corrected chi connectivity index (χ2v) is 6.28. The van der Waals surface area contributed by atoms with Crippen LogP contribution in [0.15, 0.2) is 47.6 Å². The Hall–Kier alpha value is -2.96. The lowest BCUT2D eigenvalue weighted by atomic mass is 10.2. The first-order valence-corrected chi connectivity index (χ1v) is 9.07. The normalized spacial score (nSPS) is 14.9. The molecule has 1 fully saturated rings. The van der Waals surface area contributed by atoms with Gasteiger partial charge >= 0.3 is 0 Å². The zero-order valence-corrected chi connectivity index (χ0v) is 16.2. The van der Waals surface area contributed by atoms with Crippen molar-refractivity contribution in [2.24, 2.45) is 4.99 Å². The Morgan fingerprint density at radius 3 is 2.44 bits per heavy atom. The number of hydrogen-bond donors (Lipinski definition) is 1. The van der Waals surface area contributed by atoms with Gasteiger partial charge in [0.15, 0.2) is 5.96 Å². The summed E-state index contributed by atoms with van der Waals surface area (Å²) in [6.07, 6.45) is 1.76. The minimum absolute atomic E-state index is 0.623. The number of rotatable bonds is 5. The summed E-state index contributed by atoms with van der Waals surface area (Å²) in [6, 6.07) is 12.1. The molecule has 3 rings (SSSR count). The maximum absolute atomic E-state index is 5.23. The van der Waals surface area contributed by atoms with Crippen molar-refractivity contribution in [3.05, 3.63) is 48.2 Å². The van der Waals surface area contributed by atoms with Crippen LogP contribution in [0.1, 0.15) is 5.56 Å². The third-order valence-corrected chi connectivity index (χ3v) is 4.69. The summed E-state index contributed by atoms with van der Waals surface area (Å²) in [5, 5.41) is 3.43. The Balaban J connectivity index is 1.53. The lowest BCUT2D eigenvalue weighted by Crippen LogP contribution is -2.52. The van der Waals surface area contributed by atoms with Crippen LogP contribution in [0.25, 0.3) is 0 Å². The SMILES string of the molecule is CN=C(NCc1ccnc(OC)c1)N1CCN(c2ccc(OC)cc2)CC1. The number of pyridine rings is 1. The van der Waals surface area contributed by atoms with Gasteiger partial charge in [0.2, 0.25) is 5.88 Å². The zero-order chi connectivity index (χ0) is 19.1. The summed E-state index contributed by atoms with van der Waals surface area (Å²) >= 11 is 0. The van der Waals surface area contributed by atoms with Gasteiger partial charge in [0.05, 0.1) is 14.2 Å². The maximum atomic E-state index is 5.23. The van der Waals surface area contributed by atoms with Gasteiger partial charge in [0, 0.05) is 57.7 Å². The number of hydrogen-bond acceptors (Lipinski definition) is 5. The lowest BCUT2D eigenvalue weighted by molar-refractivity contribution is 0.372. The summed E-state index contributed by atoms with van der Waals surface area (Å²) in [5.74, 6) is 2.42. The summed E-state index contributed by atoms with van der Waals surface area (Å²) in [5.41, 5.74) is 2.34. The predicted octanol–water partition coefficient (Wildman–Crippen LogP) is 2.00. The number of benzene rings is 1. The predicted molar refractivity (Wildman–Crippen MR) is 108 cm³/mol. The van der Waals surface area contributed by atoms with Gasteiger partial charge in [-0.25, -0.2) is 4.98 Å². The van der Waals surface area contributed by atoms with E-state index in [0.29, 0.717) is 12.4 Å². The van der Waals surface area contributed by atoms with Crippen molar-refractivity contribution in [1.29, 1.82) is 0 Å². The summed E-state index contributed by atoms with van der Waals surface area (Å²) in [7, 11) is 5.14. The average molecular weight is 369 g/mol. The Bertz CT molecular complexity index is 755. The fraction of sp³-hybridized carbons (Fsp3) is 0.400. The van der Waals surface area contributed by atoms with Crippen molar-refractivity contribution in [2.45, 2.75) is 6.54 Å². The molecule has 7 nitrogen and oxygen atoms in total. The summed E-state index contributed by atoms with van der Waals surface area (Å²) in [6.45, 7) is 4.44. The fourth-order valence-electron chi connectivity index (χ4n) is 3.15. The number of nitrogens with zero attached hydrogens (tertiary/aromatic N) is 4. The van der Waals surface area contributed by atoms with Gasteiger partial charge in [-0.3, -0.25) is 4.99 Å². The van der Waals surface area contributed by atoms with E-state index in [2.05, 4.69) is 37.2 Å². The molecule has 0 atom stereocenters. The number of nitrogens with one attached hydrogen (secondary N) is 1. The molecule has 0 bridgehead atoms. The third kappa shape index (κ3) is 4.81. The van der Waals surface area contributed by atoms with Crippen molar-refractivity contribution >= 4 is 11.6 Å². The summed E-state index contributed by atoms with van der Waals surface area (Å²) < 4.78 is 10.4. The second-order valence-electron chi connectivity index (χ2n) is 6.28. The summed E-state index contributed by atoms with van der Waals surface area (Å²) in [4.78, 5) is 13.3. The molecule has 1 aromatic heterocycles. The number of anilines is 1. The van der Waals surface area contributed by atoms with E-state index in [9.17, 15) is 0 Å². The lowest BCUT2D eigenvalue weighted by Gasteiger charge is -2.37. The molecule has 1 saturated heterocycles. The van der Waals surface area contributed by atoms with E-state index in [1.165, 1.54) is 5.69 Å². The minimum Gasteiger partial charge on any atom is -0.497 e. The minimum atomic E-state index is 0.623. The van der Waals surface area contributed by atoms with Gasteiger partial charge < -0.3 is 24.6 Å². The van der Waals surface area contributed by atoms with E-state index in [4.69, 9.17) is 9.47 Å². The molecule has 2 heterocycles. The Morgan fingerprint density at radius 2 is 1.81 bits per heavy atom. The first-order valence-electron chi connectivity index (χ1n) is 9.07. The van der Waals surface area contributed by atoms with Crippen molar-refractivity contribution in [3.63, 3.8) is 0 Å². The molecule has 27 heavy (non-hydrogen) atoms. The average Bonchev–Trinajstić information content (AvgIpc) is 2.75. The molecule has 0 radical (unpaired) electrons. The van der Waals surface area contributed by atoms with E-state index < -0.39 is 0 Å².